The second-order valence-electron chi connectivity index (χ2n) is 5.62. The lowest BCUT2D eigenvalue weighted by Gasteiger charge is -2.23. The number of carbonyl (C=O) groups is 1. The minimum atomic E-state index is -0.511. The van der Waals surface area contributed by atoms with Crippen LogP contribution in [-0.4, -0.2) is 34.9 Å². The average Bonchev–Trinajstić information content (AvgIpc) is 3.05. The summed E-state index contributed by atoms with van der Waals surface area (Å²) in [6.07, 6.45) is 0.787. The van der Waals surface area contributed by atoms with Crippen LogP contribution in [0, 0.1) is 5.82 Å². The van der Waals surface area contributed by atoms with Crippen LogP contribution in [0.5, 0.6) is 5.75 Å². The summed E-state index contributed by atoms with van der Waals surface area (Å²) in [5.74, 6) is 0.644. The van der Waals surface area contributed by atoms with Crippen LogP contribution in [0.25, 0.3) is 0 Å². The molecule has 1 aliphatic heterocycles. The summed E-state index contributed by atoms with van der Waals surface area (Å²) in [5, 5.41) is 0.602. The molecule has 2 aromatic carbocycles. The molecule has 0 bridgehead atoms. The van der Waals surface area contributed by atoms with Crippen LogP contribution in [0.4, 0.5) is 10.1 Å². The monoisotopic (exact) mass is 358 g/mol. The second kappa shape index (κ2) is 7.70. The number of ether oxygens (including phenoxy) is 1. The summed E-state index contributed by atoms with van der Waals surface area (Å²) in [4.78, 5) is 19.1. The highest BCUT2D eigenvalue weighted by Gasteiger charge is 2.35. The smallest absolute Gasteiger partial charge is 0.263 e. The highest BCUT2D eigenvalue weighted by molar-refractivity contribution is 8.14. The van der Waals surface area contributed by atoms with Crippen LogP contribution in [0.15, 0.2) is 53.5 Å². The summed E-state index contributed by atoms with van der Waals surface area (Å²) in [7, 11) is 1.61. The molecule has 0 N–H and O–H groups in total. The molecule has 0 unspecified atom stereocenters. The maximum Gasteiger partial charge on any atom is 0.263 e. The Balaban J connectivity index is 1.94. The topological polar surface area (TPSA) is 41.9 Å². The minimum Gasteiger partial charge on any atom is -0.497 e. The first-order valence-electron chi connectivity index (χ1n) is 8.07. The molecule has 0 aliphatic carbocycles. The van der Waals surface area contributed by atoms with E-state index < -0.39 is 5.82 Å². The van der Waals surface area contributed by atoms with Crippen molar-refractivity contribution < 1.29 is 13.9 Å². The van der Waals surface area contributed by atoms with Crippen molar-refractivity contribution in [1.82, 2.24) is 4.90 Å². The number of benzene rings is 2. The summed E-state index contributed by atoms with van der Waals surface area (Å²) in [6, 6.07) is 13.4. The number of aliphatic imine (C=N–C) groups is 1. The Kier molecular flexibility index (Phi) is 5.38. The molecule has 0 spiro atoms. The summed E-state index contributed by atoms with van der Waals surface area (Å²) in [6.45, 7) is 2.02. The third-order valence-corrected chi connectivity index (χ3v) is 5.17. The number of nitrogens with zero attached hydrogens (tertiary/aromatic N) is 2. The molecule has 1 atom stereocenters. The maximum absolute atomic E-state index is 14.1. The van der Waals surface area contributed by atoms with Gasteiger partial charge in [-0.1, -0.05) is 30.8 Å². The molecule has 0 saturated carbocycles. The van der Waals surface area contributed by atoms with Gasteiger partial charge in [0, 0.05) is 11.8 Å². The highest BCUT2D eigenvalue weighted by Crippen LogP contribution is 2.31. The van der Waals surface area contributed by atoms with E-state index in [0.717, 1.165) is 23.6 Å². The van der Waals surface area contributed by atoms with Crippen molar-refractivity contribution >= 4 is 28.5 Å². The van der Waals surface area contributed by atoms with E-state index in [2.05, 4.69) is 4.99 Å². The van der Waals surface area contributed by atoms with Crippen LogP contribution in [0.1, 0.15) is 23.7 Å². The first kappa shape index (κ1) is 17.5. The Morgan fingerprint density at radius 1 is 1.28 bits per heavy atom. The fourth-order valence-corrected chi connectivity index (χ4v) is 3.91. The molecule has 0 radical (unpaired) electrons. The maximum atomic E-state index is 14.1. The van der Waals surface area contributed by atoms with E-state index in [0.29, 0.717) is 5.17 Å². The van der Waals surface area contributed by atoms with E-state index in [1.807, 2.05) is 31.2 Å². The van der Waals surface area contributed by atoms with Gasteiger partial charge in [0.15, 0.2) is 5.17 Å². The lowest BCUT2D eigenvalue weighted by atomic mass is 10.1. The normalized spacial score (nSPS) is 18.6. The fourth-order valence-electron chi connectivity index (χ4n) is 2.64. The Morgan fingerprint density at radius 3 is 2.64 bits per heavy atom. The van der Waals surface area contributed by atoms with Crippen LogP contribution >= 0.6 is 11.8 Å². The first-order chi connectivity index (χ1) is 12.1. The van der Waals surface area contributed by atoms with Gasteiger partial charge in [-0.3, -0.25) is 9.69 Å². The van der Waals surface area contributed by atoms with Gasteiger partial charge in [-0.05, 0) is 42.8 Å². The predicted molar refractivity (Wildman–Crippen MR) is 99.2 cm³/mol. The Labute approximate surface area is 150 Å². The molecule has 1 saturated heterocycles. The van der Waals surface area contributed by atoms with Crippen molar-refractivity contribution in [3.05, 3.63) is 59.9 Å². The van der Waals surface area contributed by atoms with Gasteiger partial charge in [-0.25, -0.2) is 9.38 Å². The second-order valence-corrected chi connectivity index (χ2v) is 6.61. The summed E-state index contributed by atoms with van der Waals surface area (Å²) in [5.41, 5.74) is 0.803. The molecule has 1 heterocycles. The molecular formula is C19H19FN2O2S. The third-order valence-electron chi connectivity index (χ3n) is 4.07. The van der Waals surface area contributed by atoms with E-state index in [1.54, 1.807) is 24.1 Å². The quantitative estimate of drug-likeness (QED) is 0.809. The number of hydrogen-bond acceptors (Lipinski definition) is 4. The summed E-state index contributed by atoms with van der Waals surface area (Å²) >= 11 is 1.52. The number of methoxy groups -OCH3 is 1. The molecule has 25 heavy (non-hydrogen) atoms. The fraction of sp³-hybridized carbons (Fsp3) is 0.263. The van der Waals surface area contributed by atoms with Gasteiger partial charge in [-0.2, -0.15) is 0 Å². The van der Waals surface area contributed by atoms with Gasteiger partial charge in [0.05, 0.1) is 18.4 Å². The predicted octanol–water partition coefficient (Wildman–Crippen LogP) is 4.49. The zero-order chi connectivity index (χ0) is 17.8. The number of carbonyl (C=O) groups excluding carboxylic acids is 1. The van der Waals surface area contributed by atoms with Gasteiger partial charge in [0.25, 0.3) is 5.91 Å². The molecular weight excluding hydrogens is 339 g/mol. The molecule has 1 aliphatic rings. The number of thioether (sulfide) groups is 1. The van der Waals surface area contributed by atoms with E-state index >= 15 is 0 Å². The van der Waals surface area contributed by atoms with Crippen molar-refractivity contribution in [2.45, 2.75) is 19.4 Å². The lowest BCUT2D eigenvalue weighted by Crippen LogP contribution is -2.39. The largest absolute Gasteiger partial charge is 0.497 e. The SMILES string of the molecule is CC[C@@H]1CSC(=Nc2ccc(OC)cc2)N1C(=O)c1ccccc1F. The van der Waals surface area contributed by atoms with Crippen LogP contribution in [0.3, 0.4) is 0 Å². The molecule has 6 heteroatoms. The van der Waals surface area contributed by atoms with E-state index in [4.69, 9.17) is 4.74 Å². The van der Waals surface area contributed by atoms with E-state index in [9.17, 15) is 9.18 Å². The van der Waals surface area contributed by atoms with Gasteiger partial charge in [0.2, 0.25) is 0 Å². The van der Waals surface area contributed by atoms with Crippen molar-refractivity contribution in [2.24, 2.45) is 4.99 Å². The molecule has 4 nitrogen and oxygen atoms in total. The number of amides is 1. The average molecular weight is 358 g/mol. The molecule has 3 rings (SSSR count). The zero-order valence-corrected chi connectivity index (χ0v) is 14.9. The Hall–Kier alpha value is -2.34. The molecule has 1 amide bonds. The lowest BCUT2D eigenvalue weighted by molar-refractivity contribution is 0.0815. The minimum absolute atomic E-state index is 0.00843. The molecule has 1 fully saturated rings. The van der Waals surface area contributed by atoms with Crippen molar-refractivity contribution in [3.63, 3.8) is 0 Å². The van der Waals surface area contributed by atoms with Gasteiger partial charge in [0.1, 0.15) is 11.6 Å². The van der Waals surface area contributed by atoms with Gasteiger partial charge >= 0.3 is 0 Å². The van der Waals surface area contributed by atoms with Crippen molar-refractivity contribution in [2.75, 3.05) is 12.9 Å². The molecule has 0 aromatic heterocycles. The van der Waals surface area contributed by atoms with Gasteiger partial charge in [-0.15, -0.1) is 0 Å². The van der Waals surface area contributed by atoms with Gasteiger partial charge < -0.3 is 4.74 Å². The number of rotatable bonds is 4. The molecule has 2 aromatic rings. The van der Waals surface area contributed by atoms with Crippen LogP contribution in [-0.2, 0) is 0 Å². The first-order valence-corrected chi connectivity index (χ1v) is 9.06. The number of hydrogen-bond donors (Lipinski definition) is 0. The van der Waals surface area contributed by atoms with Crippen LogP contribution < -0.4 is 4.74 Å². The number of amidine groups is 1. The van der Waals surface area contributed by atoms with E-state index in [1.165, 1.54) is 23.9 Å². The van der Waals surface area contributed by atoms with Crippen molar-refractivity contribution in [1.29, 1.82) is 0 Å². The standard InChI is InChI=1S/C19H19FN2O2S/c1-3-14-12-25-19(21-13-8-10-15(24-2)11-9-13)22(14)18(23)16-6-4-5-7-17(16)20/h4-11,14H,3,12H2,1-2H3/t14-/m1/s1. The highest BCUT2D eigenvalue weighted by atomic mass is 32.2. The van der Waals surface area contributed by atoms with E-state index in [-0.39, 0.29) is 17.5 Å². The number of halogens is 1. The third kappa shape index (κ3) is 3.69. The summed E-state index contributed by atoms with van der Waals surface area (Å²) < 4.78 is 19.2. The zero-order valence-electron chi connectivity index (χ0n) is 14.1. The molecule has 130 valence electrons. The van der Waals surface area contributed by atoms with Crippen LogP contribution in [0.2, 0.25) is 0 Å². The Bertz CT molecular complexity index is 792. The van der Waals surface area contributed by atoms with Crippen molar-refractivity contribution in [3.8, 4) is 5.75 Å². The Morgan fingerprint density at radius 2 is 2.00 bits per heavy atom.